The molecule has 6 nitrogen and oxygen atoms in total. The van der Waals surface area contributed by atoms with E-state index in [0.29, 0.717) is 11.0 Å². The predicted octanol–water partition coefficient (Wildman–Crippen LogP) is 4.56. The van der Waals surface area contributed by atoms with Gasteiger partial charge >= 0.3 is 0 Å². The molecular weight excluding hydrogens is 384 g/mol. The van der Waals surface area contributed by atoms with Crippen LogP contribution >= 0.6 is 11.8 Å². The van der Waals surface area contributed by atoms with Gasteiger partial charge in [-0.2, -0.15) is 0 Å². The van der Waals surface area contributed by atoms with Crippen molar-refractivity contribution in [3.63, 3.8) is 0 Å². The first-order chi connectivity index (χ1) is 14.0. The van der Waals surface area contributed by atoms with Gasteiger partial charge in [0.25, 0.3) is 0 Å². The van der Waals surface area contributed by atoms with E-state index < -0.39 is 0 Å². The Kier molecular flexibility index (Phi) is 6.93. The summed E-state index contributed by atoms with van der Waals surface area (Å²) in [5.41, 5.74) is 3.17. The highest BCUT2D eigenvalue weighted by molar-refractivity contribution is 7.99. The van der Waals surface area contributed by atoms with E-state index in [0.717, 1.165) is 23.4 Å². The number of hydrogen-bond acceptors (Lipinski definition) is 5. The first-order valence-electron chi connectivity index (χ1n) is 9.60. The van der Waals surface area contributed by atoms with Crippen molar-refractivity contribution in [2.45, 2.75) is 38.5 Å². The zero-order chi connectivity index (χ0) is 20.8. The maximum atomic E-state index is 12.2. The lowest BCUT2D eigenvalue weighted by atomic mass is 10.2. The Morgan fingerprint density at radius 1 is 1.21 bits per heavy atom. The van der Waals surface area contributed by atoms with Crippen LogP contribution in [0.25, 0.3) is 0 Å². The van der Waals surface area contributed by atoms with Crippen LogP contribution < -0.4 is 10.1 Å². The number of nitrogens with zero attached hydrogens (tertiary/aromatic N) is 3. The Balaban J connectivity index is 1.57. The lowest BCUT2D eigenvalue weighted by Gasteiger charge is -2.14. The van der Waals surface area contributed by atoms with E-state index in [1.165, 1.54) is 17.3 Å². The molecule has 1 atom stereocenters. The van der Waals surface area contributed by atoms with Crippen molar-refractivity contribution in [1.29, 1.82) is 0 Å². The third-order valence-corrected chi connectivity index (χ3v) is 5.53. The second-order valence-electron chi connectivity index (χ2n) is 6.86. The number of rotatable bonds is 8. The van der Waals surface area contributed by atoms with Gasteiger partial charge in [0.2, 0.25) is 5.91 Å². The first kappa shape index (κ1) is 20.9. The SMILES string of the molecule is CCc1ccc(O[C@@H](C)c2nnc(SCC(=O)Nc3cccc(C)c3)n2C)cc1. The number of anilines is 1. The van der Waals surface area contributed by atoms with Crippen LogP contribution in [-0.4, -0.2) is 26.4 Å². The summed E-state index contributed by atoms with van der Waals surface area (Å²) in [7, 11) is 1.89. The van der Waals surface area contributed by atoms with Crippen LogP contribution in [0.4, 0.5) is 5.69 Å². The van der Waals surface area contributed by atoms with E-state index in [1.807, 2.05) is 61.9 Å². The molecule has 0 aliphatic carbocycles. The number of nitrogens with one attached hydrogen (secondary N) is 1. The van der Waals surface area contributed by atoms with Gasteiger partial charge in [-0.05, 0) is 55.7 Å². The Hall–Kier alpha value is -2.80. The molecule has 7 heteroatoms. The van der Waals surface area contributed by atoms with Crippen LogP contribution in [-0.2, 0) is 18.3 Å². The molecule has 1 aromatic heterocycles. The molecule has 152 valence electrons. The number of benzene rings is 2. The van der Waals surface area contributed by atoms with E-state index in [9.17, 15) is 4.79 Å². The second-order valence-corrected chi connectivity index (χ2v) is 7.81. The minimum atomic E-state index is -0.254. The van der Waals surface area contributed by atoms with Crippen molar-refractivity contribution >= 4 is 23.4 Å². The number of carbonyl (C=O) groups is 1. The van der Waals surface area contributed by atoms with Crippen molar-refractivity contribution in [2.75, 3.05) is 11.1 Å². The van der Waals surface area contributed by atoms with Crippen LogP contribution in [0.1, 0.15) is 36.9 Å². The Bertz CT molecular complexity index is 969. The fourth-order valence-corrected chi connectivity index (χ4v) is 3.63. The number of aromatic nitrogens is 3. The molecule has 0 spiro atoms. The predicted molar refractivity (Wildman–Crippen MR) is 116 cm³/mol. The highest BCUT2D eigenvalue weighted by atomic mass is 32.2. The quantitative estimate of drug-likeness (QED) is 0.552. The maximum Gasteiger partial charge on any atom is 0.234 e. The number of carbonyl (C=O) groups excluding carboxylic acids is 1. The Labute approximate surface area is 175 Å². The Morgan fingerprint density at radius 2 is 1.97 bits per heavy atom. The third kappa shape index (κ3) is 5.60. The molecule has 0 radical (unpaired) electrons. The van der Waals surface area contributed by atoms with E-state index >= 15 is 0 Å². The lowest BCUT2D eigenvalue weighted by molar-refractivity contribution is -0.113. The number of amides is 1. The molecule has 1 heterocycles. The van der Waals surface area contributed by atoms with Gasteiger partial charge < -0.3 is 14.6 Å². The maximum absolute atomic E-state index is 12.2. The number of ether oxygens (including phenoxy) is 1. The molecule has 0 aliphatic heterocycles. The molecule has 3 aromatic rings. The van der Waals surface area contributed by atoms with Crippen LogP contribution in [0.15, 0.2) is 53.7 Å². The Morgan fingerprint density at radius 3 is 2.66 bits per heavy atom. The zero-order valence-electron chi connectivity index (χ0n) is 17.2. The van der Waals surface area contributed by atoms with E-state index in [4.69, 9.17) is 4.74 Å². The van der Waals surface area contributed by atoms with Crippen molar-refractivity contribution in [1.82, 2.24) is 14.8 Å². The van der Waals surface area contributed by atoms with Gasteiger partial charge in [0, 0.05) is 12.7 Å². The van der Waals surface area contributed by atoms with Crippen LogP contribution in [0.3, 0.4) is 0 Å². The van der Waals surface area contributed by atoms with Crippen LogP contribution in [0, 0.1) is 6.92 Å². The molecule has 0 saturated heterocycles. The van der Waals surface area contributed by atoms with Crippen molar-refractivity contribution in [2.24, 2.45) is 7.05 Å². The summed E-state index contributed by atoms with van der Waals surface area (Å²) < 4.78 is 7.87. The molecule has 0 bridgehead atoms. The van der Waals surface area contributed by atoms with Crippen LogP contribution in [0.2, 0.25) is 0 Å². The normalized spacial score (nSPS) is 11.9. The molecular formula is C22H26N4O2S. The fourth-order valence-electron chi connectivity index (χ4n) is 2.92. The van der Waals surface area contributed by atoms with Gasteiger partial charge in [-0.1, -0.05) is 43.0 Å². The summed E-state index contributed by atoms with van der Waals surface area (Å²) in [6, 6.07) is 15.8. The van der Waals surface area contributed by atoms with E-state index in [2.05, 4.69) is 34.6 Å². The molecule has 0 fully saturated rings. The summed E-state index contributed by atoms with van der Waals surface area (Å²) in [4.78, 5) is 12.2. The topological polar surface area (TPSA) is 69.0 Å². The highest BCUT2D eigenvalue weighted by Crippen LogP contribution is 2.24. The van der Waals surface area contributed by atoms with Crippen molar-refractivity contribution in [3.8, 4) is 5.75 Å². The summed E-state index contributed by atoms with van der Waals surface area (Å²) in [6.07, 6.45) is 0.743. The summed E-state index contributed by atoms with van der Waals surface area (Å²) in [5, 5.41) is 12.0. The van der Waals surface area contributed by atoms with Gasteiger partial charge in [0.1, 0.15) is 5.75 Å². The van der Waals surface area contributed by atoms with Gasteiger partial charge in [0.05, 0.1) is 5.75 Å². The summed E-state index contributed by atoms with van der Waals surface area (Å²) in [5.74, 6) is 1.69. The molecule has 0 unspecified atom stereocenters. The average Bonchev–Trinajstić information content (AvgIpc) is 3.07. The number of hydrogen-bond donors (Lipinski definition) is 1. The summed E-state index contributed by atoms with van der Waals surface area (Å²) >= 11 is 1.35. The van der Waals surface area contributed by atoms with Crippen molar-refractivity contribution < 1.29 is 9.53 Å². The average molecular weight is 411 g/mol. The van der Waals surface area contributed by atoms with E-state index in [-0.39, 0.29) is 17.8 Å². The first-order valence-corrected chi connectivity index (χ1v) is 10.6. The molecule has 3 rings (SSSR count). The standard InChI is InChI=1S/C22H26N4O2S/c1-5-17-9-11-19(12-10-17)28-16(3)21-24-25-22(26(21)4)29-14-20(27)23-18-8-6-7-15(2)13-18/h6-13,16H,5,14H2,1-4H3,(H,23,27)/t16-/m0/s1. The van der Waals surface area contributed by atoms with Crippen molar-refractivity contribution in [3.05, 3.63) is 65.5 Å². The number of thioether (sulfide) groups is 1. The minimum Gasteiger partial charge on any atom is -0.483 e. The van der Waals surface area contributed by atoms with Gasteiger partial charge in [0.15, 0.2) is 17.1 Å². The smallest absolute Gasteiger partial charge is 0.234 e. The zero-order valence-corrected chi connectivity index (χ0v) is 18.0. The fraction of sp³-hybridized carbons (Fsp3) is 0.318. The van der Waals surface area contributed by atoms with Gasteiger partial charge in [-0.25, -0.2) is 0 Å². The lowest BCUT2D eigenvalue weighted by Crippen LogP contribution is -2.15. The third-order valence-electron chi connectivity index (χ3n) is 4.51. The minimum absolute atomic E-state index is 0.0783. The number of aryl methyl sites for hydroxylation is 2. The molecule has 0 saturated carbocycles. The molecule has 1 N–H and O–H groups in total. The molecule has 0 aliphatic rings. The molecule has 29 heavy (non-hydrogen) atoms. The highest BCUT2D eigenvalue weighted by Gasteiger charge is 2.18. The molecule has 2 aromatic carbocycles. The van der Waals surface area contributed by atoms with Crippen LogP contribution in [0.5, 0.6) is 5.75 Å². The van der Waals surface area contributed by atoms with E-state index in [1.54, 1.807) is 0 Å². The second kappa shape index (κ2) is 9.60. The molecule has 1 amide bonds. The summed E-state index contributed by atoms with van der Waals surface area (Å²) in [6.45, 7) is 6.06. The van der Waals surface area contributed by atoms with Gasteiger partial charge in [-0.3, -0.25) is 4.79 Å². The monoisotopic (exact) mass is 410 g/mol. The largest absolute Gasteiger partial charge is 0.483 e. The van der Waals surface area contributed by atoms with Gasteiger partial charge in [-0.15, -0.1) is 10.2 Å².